The summed E-state index contributed by atoms with van der Waals surface area (Å²) in [6, 6.07) is 13.2. The molecule has 0 radical (unpaired) electrons. The molecule has 2 aromatic carbocycles. The smallest absolute Gasteiger partial charge is 0.119 e. The highest BCUT2D eigenvalue weighted by Crippen LogP contribution is 2.21. The first-order valence-corrected chi connectivity index (χ1v) is 7.22. The molecule has 0 atom stereocenters. The van der Waals surface area contributed by atoms with Crippen LogP contribution < -0.4 is 14.2 Å². The van der Waals surface area contributed by atoms with Gasteiger partial charge in [0.2, 0.25) is 0 Å². The highest BCUT2D eigenvalue weighted by Gasteiger charge is 1.99. The van der Waals surface area contributed by atoms with Gasteiger partial charge in [-0.1, -0.05) is 11.6 Å². The number of aryl methyl sites for hydroxylation is 1. The van der Waals surface area contributed by atoms with Gasteiger partial charge < -0.3 is 14.2 Å². The van der Waals surface area contributed by atoms with Gasteiger partial charge in [0.1, 0.15) is 17.2 Å². The van der Waals surface area contributed by atoms with Crippen LogP contribution in [0.4, 0.5) is 0 Å². The molecule has 2 rings (SSSR count). The lowest BCUT2D eigenvalue weighted by atomic mass is 10.2. The lowest BCUT2D eigenvalue weighted by Crippen LogP contribution is -2.05. The fourth-order valence-electron chi connectivity index (χ4n) is 1.82. The average molecular weight is 307 g/mol. The van der Waals surface area contributed by atoms with Gasteiger partial charge in [-0.2, -0.15) is 0 Å². The van der Waals surface area contributed by atoms with Crippen molar-refractivity contribution in [3.8, 4) is 17.2 Å². The van der Waals surface area contributed by atoms with Crippen molar-refractivity contribution in [2.75, 3.05) is 20.3 Å². The van der Waals surface area contributed by atoms with Crippen LogP contribution in [0.15, 0.2) is 42.5 Å². The number of ether oxygens (including phenoxy) is 3. The van der Waals surface area contributed by atoms with Gasteiger partial charge in [-0.3, -0.25) is 0 Å². The predicted molar refractivity (Wildman–Crippen MR) is 84.8 cm³/mol. The molecule has 2 aromatic rings. The van der Waals surface area contributed by atoms with Gasteiger partial charge in [0.25, 0.3) is 0 Å². The molecule has 0 aromatic heterocycles. The first kappa shape index (κ1) is 15.5. The van der Waals surface area contributed by atoms with Crippen LogP contribution in [0.25, 0.3) is 0 Å². The maximum absolute atomic E-state index is 5.97. The van der Waals surface area contributed by atoms with Crippen molar-refractivity contribution in [3.63, 3.8) is 0 Å². The molecule has 0 spiro atoms. The maximum Gasteiger partial charge on any atom is 0.119 e. The predicted octanol–water partition coefficient (Wildman–Crippen LogP) is 4.50. The summed E-state index contributed by atoms with van der Waals surface area (Å²) in [4.78, 5) is 0. The summed E-state index contributed by atoms with van der Waals surface area (Å²) in [5.41, 5.74) is 1.02. The van der Waals surface area contributed by atoms with E-state index in [-0.39, 0.29) is 0 Å². The van der Waals surface area contributed by atoms with Gasteiger partial charge in [0, 0.05) is 11.4 Å². The molecule has 0 saturated carbocycles. The number of benzene rings is 2. The minimum Gasteiger partial charge on any atom is -0.497 e. The van der Waals surface area contributed by atoms with Crippen molar-refractivity contribution >= 4 is 11.6 Å². The first-order valence-electron chi connectivity index (χ1n) is 6.85. The Morgan fingerprint density at radius 3 is 2.05 bits per heavy atom. The molecular formula is C17H19ClO3. The second kappa shape index (κ2) is 7.79. The lowest BCUT2D eigenvalue weighted by molar-refractivity contribution is 0.247. The topological polar surface area (TPSA) is 27.7 Å². The fourth-order valence-corrected chi connectivity index (χ4v) is 1.94. The molecular weight excluding hydrogens is 288 g/mol. The van der Waals surface area contributed by atoms with E-state index < -0.39 is 0 Å². The number of halogens is 1. The Balaban J connectivity index is 1.68. The molecule has 0 amide bonds. The number of rotatable bonds is 7. The standard InChI is InChI=1S/C17H19ClO3/c1-13-12-16(8-9-17(13)18)21-11-3-10-20-15-6-4-14(19-2)5-7-15/h4-9,12H,3,10-11H2,1-2H3. The molecule has 0 aliphatic rings. The first-order chi connectivity index (χ1) is 10.2. The molecule has 0 fully saturated rings. The zero-order valence-corrected chi connectivity index (χ0v) is 13.0. The zero-order chi connectivity index (χ0) is 15.1. The molecule has 0 aliphatic carbocycles. The molecule has 0 aliphatic heterocycles. The minimum atomic E-state index is 0.608. The van der Waals surface area contributed by atoms with E-state index in [9.17, 15) is 0 Å². The third-order valence-corrected chi connectivity index (χ3v) is 3.44. The van der Waals surface area contributed by atoms with E-state index in [1.54, 1.807) is 7.11 Å². The monoisotopic (exact) mass is 306 g/mol. The van der Waals surface area contributed by atoms with Gasteiger partial charge in [-0.15, -0.1) is 0 Å². The Kier molecular flexibility index (Phi) is 5.76. The van der Waals surface area contributed by atoms with Crippen LogP contribution >= 0.6 is 11.6 Å². The Morgan fingerprint density at radius 1 is 0.857 bits per heavy atom. The van der Waals surface area contributed by atoms with Gasteiger partial charge >= 0.3 is 0 Å². The van der Waals surface area contributed by atoms with Crippen LogP contribution in [-0.2, 0) is 0 Å². The molecule has 0 saturated heterocycles. The van der Waals surface area contributed by atoms with Crippen molar-refractivity contribution in [1.29, 1.82) is 0 Å². The van der Waals surface area contributed by atoms with E-state index in [0.717, 1.165) is 34.3 Å². The van der Waals surface area contributed by atoms with Crippen molar-refractivity contribution in [2.24, 2.45) is 0 Å². The summed E-state index contributed by atoms with van der Waals surface area (Å²) in [6.07, 6.45) is 0.813. The molecule has 21 heavy (non-hydrogen) atoms. The van der Waals surface area contributed by atoms with Gasteiger partial charge in [0.05, 0.1) is 20.3 Å². The number of methoxy groups -OCH3 is 1. The lowest BCUT2D eigenvalue weighted by Gasteiger charge is -2.09. The van der Waals surface area contributed by atoms with Crippen LogP contribution in [0.1, 0.15) is 12.0 Å². The van der Waals surface area contributed by atoms with Crippen LogP contribution in [0.2, 0.25) is 5.02 Å². The van der Waals surface area contributed by atoms with Crippen LogP contribution in [0, 0.1) is 6.92 Å². The van der Waals surface area contributed by atoms with Gasteiger partial charge in [0.15, 0.2) is 0 Å². The molecule has 4 heteroatoms. The largest absolute Gasteiger partial charge is 0.497 e. The minimum absolute atomic E-state index is 0.608. The summed E-state index contributed by atoms with van der Waals surface area (Å²) >= 11 is 5.97. The van der Waals surface area contributed by atoms with Crippen LogP contribution in [0.3, 0.4) is 0 Å². The van der Waals surface area contributed by atoms with Crippen molar-refractivity contribution < 1.29 is 14.2 Å². The summed E-state index contributed by atoms with van der Waals surface area (Å²) in [5.74, 6) is 2.49. The normalized spacial score (nSPS) is 10.2. The molecule has 0 heterocycles. The molecule has 0 bridgehead atoms. The molecule has 0 N–H and O–H groups in total. The summed E-state index contributed by atoms with van der Waals surface area (Å²) in [7, 11) is 1.64. The van der Waals surface area contributed by atoms with E-state index in [1.807, 2.05) is 49.4 Å². The molecule has 0 unspecified atom stereocenters. The van der Waals surface area contributed by atoms with Crippen molar-refractivity contribution in [1.82, 2.24) is 0 Å². The second-order valence-electron chi connectivity index (χ2n) is 4.64. The summed E-state index contributed by atoms with van der Waals surface area (Å²) in [6.45, 7) is 3.18. The Labute approximate surface area is 130 Å². The van der Waals surface area contributed by atoms with Crippen molar-refractivity contribution in [3.05, 3.63) is 53.1 Å². The number of hydrogen-bond acceptors (Lipinski definition) is 3. The van der Waals surface area contributed by atoms with E-state index in [0.29, 0.717) is 13.2 Å². The maximum atomic E-state index is 5.97. The van der Waals surface area contributed by atoms with Gasteiger partial charge in [-0.05, 0) is 55.0 Å². The molecule has 3 nitrogen and oxygen atoms in total. The SMILES string of the molecule is COc1ccc(OCCCOc2ccc(Cl)c(C)c2)cc1. The Hall–Kier alpha value is -1.87. The third-order valence-electron chi connectivity index (χ3n) is 3.01. The fraction of sp³-hybridized carbons (Fsp3) is 0.294. The van der Waals surface area contributed by atoms with Crippen LogP contribution in [0.5, 0.6) is 17.2 Å². The van der Waals surface area contributed by atoms with Crippen LogP contribution in [-0.4, -0.2) is 20.3 Å². The average Bonchev–Trinajstić information content (AvgIpc) is 2.51. The second-order valence-corrected chi connectivity index (χ2v) is 5.04. The third kappa shape index (κ3) is 4.87. The van der Waals surface area contributed by atoms with Gasteiger partial charge in [-0.25, -0.2) is 0 Å². The number of hydrogen-bond donors (Lipinski definition) is 0. The zero-order valence-electron chi connectivity index (χ0n) is 12.3. The summed E-state index contributed by atoms with van der Waals surface area (Å²) < 4.78 is 16.4. The quantitative estimate of drug-likeness (QED) is 0.705. The Morgan fingerprint density at radius 2 is 1.43 bits per heavy atom. The molecule has 112 valence electrons. The van der Waals surface area contributed by atoms with E-state index in [1.165, 1.54) is 0 Å². The van der Waals surface area contributed by atoms with E-state index >= 15 is 0 Å². The van der Waals surface area contributed by atoms with Crippen molar-refractivity contribution in [2.45, 2.75) is 13.3 Å². The van der Waals surface area contributed by atoms with E-state index in [2.05, 4.69) is 0 Å². The highest BCUT2D eigenvalue weighted by atomic mass is 35.5. The van der Waals surface area contributed by atoms with E-state index in [4.69, 9.17) is 25.8 Å². The highest BCUT2D eigenvalue weighted by molar-refractivity contribution is 6.31. The summed E-state index contributed by atoms with van der Waals surface area (Å²) in [5, 5.41) is 0.755. The Bertz CT molecular complexity index is 567.